The molecule has 20 heavy (non-hydrogen) atoms. The molecule has 0 aromatic rings. The van der Waals surface area contributed by atoms with Gasteiger partial charge in [-0.05, 0) is 5.53 Å². The first kappa shape index (κ1) is 18.2. The van der Waals surface area contributed by atoms with Gasteiger partial charge in [-0.15, -0.1) is 0 Å². The van der Waals surface area contributed by atoms with Gasteiger partial charge in [0.05, 0.1) is 18.8 Å². The Morgan fingerprint density at radius 3 is 1.95 bits per heavy atom. The van der Waals surface area contributed by atoms with E-state index in [4.69, 9.17) is 10.6 Å². The number of aliphatic carboxylic acids is 1. The monoisotopic (exact) mass is 293 g/mol. The Morgan fingerprint density at radius 2 is 1.50 bits per heavy atom. The summed E-state index contributed by atoms with van der Waals surface area (Å²) in [6, 6.07) is 0. The van der Waals surface area contributed by atoms with Gasteiger partial charge in [0.15, 0.2) is 0 Å². The van der Waals surface area contributed by atoms with Crippen molar-refractivity contribution in [3.8, 4) is 0 Å². The lowest BCUT2D eigenvalue weighted by Gasteiger charge is -2.28. The minimum atomic E-state index is -2.07. The van der Waals surface area contributed by atoms with E-state index in [0.29, 0.717) is 0 Å². The van der Waals surface area contributed by atoms with Gasteiger partial charge in [-0.1, -0.05) is 5.11 Å². The molecule has 0 bridgehead atoms. The van der Waals surface area contributed by atoms with Crippen molar-refractivity contribution >= 4 is 11.8 Å². The van der Waals surface area contributed by atoms with Crippen LogP contribution in [0.5, 0.6) is 0 Å². The summed E-state index contributed by atoms with van der Waals surface area (Å²) in [5, 5.41) is 58.2. The first-order valence-electron chi connectivity index (χ1n) is 5.39. The molecular weight excluding hydrogens is 278 g/mol. The van der Waals surface area contributed by atoms with Gasteiger partial charge in [0, 0.05) is 11.3 Å². The second-order valence-electron chi connectivity index (χ2n) is 3.95. The molecule has 6 N–H and O–H groups in total. The molecule has 114 valence electrons. The summed E-state index contributed by atoms with van der Waals surface area (Å²) in [5.41, 5.74) is 8.00. The van der Waals surface area contributed by atoms with E-state index in [0.717, 1.165) is 0 Å². The van der Waals surface area contributed by atoms with Gasteiger partial charge in [-0.2, -0.15) is 0 Å². The predicted molar refractivity (Wildman–Crippen MR) is 61.3 cm³/mol. The molecule has 0 aliphatic rings. The summed E-state index contributed by atoms with van der Waals surface area (Å²) in [4.78, 5) is 23.4. The predicted octanol–water partition coefficient (Wildman–Crippen LogP) is -2.86. The standard InChI is InChI=1S/C9H15N3O8/c10-12-11-2-5(15)7(17)8(18)6(16)3(13)1-4(14)9(19)20/h3,5-8,13,15-18H,1-2H2,(H,19,20). The quantitative estimate of drug-likeness (QED) is 0.113. The maximum absolute atomic E-state index is 10.8. The second kappa shape index (κ2) is 8.43. The summed E-state index contributed by atoms with van der Waals surface area (Å²) in [6.07, 6.45) is -10.8. The molecule has 0 fully saturated rings. The maximum Gasteiger partial charge on any atom is 0.372 e. The van der Waals surface area contributed by atoms with E-state index in [1.54, 1.807) is 0 Å². The van der Waals surface area contributed by atoms with Crippen molar-refractivity contribution in [1.82, 2.24) is 0 Å². The van der Waals surface area contributed by atoms with Crippen LogP contribution in [0.2, 0.25) is 0 Å². The molecule has 0 rings (SSSR count). The number of aliphatic hydroxyl groups is 5. The fourth-order valence-corrected chi connectivity index (χ4v) is 1.28. The van der Waals surface area contributed by atoms with Crippen LogP contribution in [0, 0.1) is 0 Å². The van der Waals surface area contributed by atoms with E-state index in [9.17, 15) is 35.1 Å². The number of hydrogen-bond acceptors (Lipinski definition) is 8. The highest BCUT2D eigenvalue weighted by molar-refractivity contribution is 6.32. The Balaban J connectivity index is 4.58. The van der Waals surface area contributed by atoms with Gasteiger partial charge in [0.25, 0.3) is 0 Å². The fourth-order valence-electron chi connectivity index (χ4n) is 1.28. The highest BCUT2D eigenvalue weighted by atomic mass is 16.4. The van der Waals surface area contributed by atoms with E-state index >= 15 is 0 Å². The number of ketones is 1. The molecule has 0 spiro atoms. The molecule has 0 saturated carbocycles. The van der Waals surface area contributed by atoms with E-state index in [1.165, 1.54) is 0 Å². The zero-order valence-corrected chi connectivity index (χ0v) is 10.1. The smallest absolute Gasteiger partial charge is 0.372 e. The summed E-state index contributed by atoms with van der Waals surface area (Å²) in [6.45, 7) is -0.592. The molecule has 0 aromatic carbocycles. The van der Waals surface area contributed by atoms with Crippen molar-refractivity contribution in [3.05, 3.63) is 10.4 Å². The van der Waals surface area contributed by atoms with Crippen LogP contribution in [0.15, 0.2) is 5.11 Å². The van der Waals surface area contributed by atoms with Crippen molar-refractivity contribution in [3.63, 3.8) is 0 Å². The number of carbonyl (C=O) groups excluding carboxylic acids is 1. The third-order valence-corrected chi connectivity index (χ3v) is 2.45. The van der Waals surface area contributed by atoms with Crippen LogP contribution in [0.25, 0.3) is 10.4 Å². The van der Waals surface area contributed by atoms with Crippen LogP contribution in [0.1, 0.15) is 6.42 Å². The Morgan fingerprint density at radius 1 is 1.00 bits per heavy atom. The number of azide groups is 1. The average Bonchev–Trinajstić information content (AvgIpc) is 2.41. The minimum Gasteiger partial charge on any atom is -0.475 e. The van der Waals surface area contributed by atoms with Crippen LogP contribution in [-0.4, -0.2) is 79.5 Å². The average molecular weight is 293 g/mol. The van der Waals surface area contributed by atoms with Gasteiger partial charge in [0.1, 0.15) is 18.3 Å². The van der Waals surface area contributed by atoms with Crippen molar-refractivity contribution in [2.24, 2.45) is 5.11 Å². The van der Waals surface area contributed by atoms with Gasteiger partial charge in [0.2, 0.25) is 5.78 Å². The lowest BCUT2D eigenvalue weighted by Crippen LogP contribution is -2.50. The lowest BCUT2D eigenvalue weighted by molar-refractivity contribution is -0.154. The van der Waals surface area contributed by atoms with Gasteiger partial charge < -0.3 is 30.6 Å². The second-order valence-corrected chi connectivity index (χ2v) is 3.95. The van der Waals surface area contributed by atoms with Gasteiger partial charge in [-0.3, -0.25) is 4.79 Å². The van der Waals surface area contributed by atoms with E-state index in [2.05, 4.69) is 10.0 Å². The number of carboxylic acid groups (broad SMARTS) is 1. The van der Waals surface area contributed by atoms with Gasteiger partial charge >= 0.3 is 5.97 Å². The van der Waals surface area contributed by atoms with Crippen molar-refractivity contribution in [2.45, 2.75) is 36.9 Å². The van der Waals surface area contributed by atoms with E-state index < -0.39 is 55.2 Å². The molecule has 0 saturated heterocycles. The van der Waals surface area contributed by atoms with Crippen molar-refractivity contribution in [2.75, 3.05) is 6.54 Å². The Hall–Kier alpha value is -1.75. The van der Waals surface area contributed by atoms with Crippen LogP contribution < -0.4 is 0 Å². The molecule has 0 amide bonds. The summed E-state index contributed by atoms with van der Waals surface area (Å²) >= 11 is 0. The number of carboxylic acids is 1. The normalized spacial score (nSPS) is 18.2. The minimum absolute atomic E-state index is 0.592. The van der Waals surface area contributed by atoms with Gasteiger partial charge in [-0.25, -0.2) is 4.79 Å². The van der Waals surface area contributed by atoms with Crippen LogP contribution >= 0.6 is 0 Å². The zero-order valence-electron chi connectivity index (χ0n) is 10.1. The van der Waals surface area contributed by atoms with Crippen molar-refractivity contribution < 1.29 is 40.2 Å². The summed E-state index contributed by atoms with van der Waals surface area (Å²) in [5.74, 6) is -3.22. The third-order valence-electron chi connectivity index (χ3n) is 2.45. The number of nitrogens with zero attached hydrogens (tertiary/aromatic N) is 3. The first-order valence-corrected chi connectivity index (χ1v) is 5.39. The maximum atomic E-state index is 10.8. The lowest BCUT2D eigenvalue weighted by atomic mass is 9.96. The fraction of sp³-hybridized carbons (Fsp3) is 0.778. The Kier molecular flexibility index (Phi) is 7.69. The molecule has 0 aliphatic carbocycles. The molecule has 5 atom stereocenters. The Labute approximate surface area is 112 Å². The number of aliphatic hydroxyl groups excluding tert-OH is 5. The van der Waals surface area contributed by atoms with E-state index in [1.807, 2.05) is 0 Å². The van der Waals surface area contributed by atoms with Crippen LogP contribution in [0.4, 0.5) is 0 Å². The topological polar surface area (TPSA) is 204 Å². The summed E-state index contributed by atoms with van der Waals surface area (Å²) in [7, 11) is 0. The van der Waals surface area contributed by atoms with E-state index in [-0.39, 0.29) is 0 Å². The SMILES string of the molecule is [N-]=[N+]=NCC(O)C(O)C(O)C(O)C(O)CC(=O)C(=O)O. The highest BCUT2D eigenvalue weighted by Crippen LogP contribution is 2.11. The molecule has 11 nitrogen and oxygen atoms in total. The van der Waals surface area contributed by atoms with Crippen molar-refractivity contribution in [1.29, 1.82) is 0 Å². The first-order chi connectivity index (χ1) is 9.22. The zero-order chi connectivity index (χ0) is 15.9. The van der Waals surface area contributed by atoms with Crippen LogP contribution in [-0.2, 0) is 9.59 Å². The summed E-state index contributed by atoms with van der Waals surface area (Å²) < 4.78 is 0. The van der Waals surface area contributed by atoms with Crippen LogP contribution in [0.3, 0.4) is 0 Å². The molecule has 0 heterocycles. The molecule has 11 heteroatoms. The number of rotatable bonds is 9. The molecule has 5 unspecified atom stereocenters. The molecule has 0 aliphatic heterocycles. The number of carbonyl (C=O) groups is 2. The third kappa shape index (κ3) is 5.48. The molecule has 0 radical (unpaired) electrons. The largest absolute Gasteiger partial charge is 0.475 e. The molecular formula is C9H15N3O8. The Bertz CT molecular complexity index is 397. The molecule has 0 aromatic heterocycles. The number of Topliss-reactive ketones (excluding diaryl/α,β-unsaturated/α-hetero) is 1. The number of hydrogen-bond donors (Lipinski definition) is 6. The highest BCUT2D eigenvalue weighted by Gasteiger charge is 2.35.